The Hall–Kier alpha value is -1.82. The Morgan fingerprint density at radius 3 is 2.50 bits per heavy atom. The van der Waals surface area contributed by atoms with Crippen LogP contribution in [-0.4, -0.2) is 11.1 Å². The van der Waals surface area contributed by atoms with Gasteiger partial charge in [0.05, 0.1) is 17.6 Å². The van der Waals surface area contributed by atoms with Gasteiger partial charge in [-0.15, -0.1) is 0 Å². The van der Waals surface area contributed by atoms with Gasteiger partial charge in [0.25, 0.3) is 0 Å². The topological polar surface area (TPSA) is 61.1 Å². The fourth-order valence-electron chi connectivity index (χ4n) is 1.77. The van der Waals surface area contributed by atoms with Gasteiger partial charge in [0.15, 0.2) is 0 Å². The average molecular weight is 217 g/mol. The molecule has 3 nitrogen and oxygen atoms in total. The number of aryl methyl sites for hydroxylation is 1. The van der Waals surface area contributed by atoms with Crippen molar-refractivity contribution in [2.24, 2.45) is 5.92 Å². The highest BCUT2D eigenvalue weighted by molar-refractivity contribution is 5.76. The highest BCUT2D eigenvalue weighted by Crippen LogP contribution is 2.26. The molecule has 0 aliphatic rings. The number of aliphatic carboxylic acids is 1. The molecule has 1 unspecified atom stereocenters. The number of hydrogen-bond donors (Lipinski definition) is 1. The molecule has 0 bridgehead atoms. The minimum absolute atomic E-state index is 0.00625. The van der Waals surface area contributed by atoms with Crippen molar-refractivity contribution in [3.05, 3.63) is 34.9 Å². The standard InChI is InChI=1S/C13H15NO2/c1-8(2)12(13(15)16)10-5-4-9(3)11(6-10)7-14/h4-6,8,12H,1-3H3,(H,15,16). The normalized spacial score (nSPS) is 12.2. The second-order valence-electron chi connectivity index (χ2n) is 4.25. The van der Waals surface area contributed by atoms with E-state index in [2.05, 4.69) is 6.07 Å². The molecular formula is C13H15NO2. The number of carboxylic acid groups (broad SMARTS) is 1. The summed E-state index contributed by atoms with van der Waals surface area (Å²) in [5.74, 6) is -1.39. The second kappa shape index (κ2) is 4.80. The molecule has 84 valence electrons. The van der Waals surface area contributed by atoms with Gasteiger partial charge in [0.2, 0.25) is 0 Å². The van der Waals surface area contributed by atoms with Crippen LogP contribution in [-0.2, 0) is 4.79 Å². The summed E-state index contributed by atoms with van der Waals surface area (Å²) < 4.78 is 0. The third-order valence-electron chi connectivity index (χ3n) is 2.67. The van der Waals surface area contributed by atoms with Crippen LogP contribution in [0.25, 0.3) is 0 Å². The molecule has 0 heterocycles. The molecule has 0 aliphatic carbocycles. The minimum Gasteiger partial charge on any atom is -0.481 e. The summed E-state index contributed by atoms with van der Waals surface area (Å²) in [6, 6.07) is 7.33. The predicted molar refractivity (Wildman–Crippen MR) is 61.1 cm³/mol. The Labute approximate surface area is 95.3 Å². The van der Waals surface area contributed by atoms with Crippen molar-refractivity contribution in [1.82, 2.24) is 0 Å². The molecule has 1 aromatic rings. The number of rotatable bonds is 3. The summed E-state index contributed by atoms with van der Waals surface area (Å²) >= 11 is 0. The van der Waals surface area contributed by atoms with E-state index in [0.29, 0.717) is 11.1 Å². The highest BCUT2D eigenvalue weighted by Gasteiger charge is 2.23. The van der Waals surface area contributed by atoms with Crippen molar-refractivity contribution in [1.29, 1.82) is 5.26 Å². The van der Waals surface area contributed by atoms with Crippen LogP contribution in [0.2, 0.25) is 0 Å². The highest BCUT2D eigenvalue weighted by atomic mass is 16.4. The number of carboxylic acids is 1. The maximum atomic E-state index is 11.1. The molecule has 0 amide bonds. The zero-order valence-electron chi connectivity index (χ0n) is 9.69. The van der Waals surface area contributed by atoms with Gasteiger partial charge in [-0.25, -0.2) is 0 Å². The molecule has 1 atom stereocenters. The Bertz CT molecular complexity index is 444. The van der Waals surface area contributed by atoms with Crippen LogP contribution < -0.4 is 0 Å². The van der Waals surface area contributed by atoms with Gasteiger partial charge in [0.1, 0.15) is 0 Å². The van der Waals surface area contributed by atoms with E-state index in [1.165, 1.54) is 0 Å². The number of nitriles is 1. The smallest absolute Gasteiger partial charge is 0.311 e. The van der Waals surface area contributed by atoms with Crippen LogP contribution in [0.15, 0.2) is 18.2 Å². The van der Waals surface area contributed by atoms with E-state index in [4.69, 9.17) is 10.4 Å². The quantitative estimate of drug-likeness (QED) is 0.846. The Balaban J connectivity index is 3.22. The lowest BCUT2D eigenvalue weighted by atomic mass is 9.87. The number of benzene rings is 1. The van der Waals surface area contributed by atoms with Gasteiger partial charge in [-0.05, 0) is 30.0 Å². The SMILES string of the molecule is Cc1ccc(C(C(=O)O)C(C)C)cc1C#N. The third kappa shape index (κ3) is 2.40. The first kappa shape index (κ1) is 12.3. The summed E-state index contributed by atoms with van der Waals surface area (Å²) in [6.07, 6.45) is 0. The second-order valence-corrected chi connectivity index (χ2v) is 4.25. The van der Waals surface area contributed by atoms with Crippen LogP contribution in [0.1, 0.15) is 36.5 Å². The van der Waals surface area contributed by atoms with Crippen LogP contribution >= 0.6 is 0 Å². The molecule has 16 heavy (non-hydrogen) atoms. The molecule has 0 saturated carbocycles. The molecule has 0 spiro atoms. The van der Waals surface area contributed by atoms with Gasteiger partial charge >= 0.3 is 5.97 Å². The van der Waals surface area contributed by atoms with Gasteiger partial charge in [0, 0.05) is 0 Å². The van der Waals surface area contributed by atoms with Gasteiger partial charge in [-0.3, -0.25) is 4.79 Å². The van der Waals surface area contributed by atoms with E-state index in [1.54, 1.807) is 18.2 Å². The summed E-state index contributed by atoms with van der Waals surface area (Å²) in [6.45, 7) is 5.57. The van der Waals surface area contributed by atoms with E-state index in [9.17, 15) is 4.79 Å². The Morgan fingerprint density at radius 2 is 2.06 bits per heavy atom. The molecule has 0 aliphatic heterocycles. The van der Waals surface area contributed by atoms with Crippen LogP contribution in [0.5, 0.6) is 0 Å². The lowest BCUT2D eigenvalue weighted by Gasteiger charge is -2.17. The van der Waals surface area contributed by atoms with E-state index >= 15 is 0 Å². The van der Waals surface area contributed by atoms with Gasteiger partial charge in [-0.1, -0.05) is 26.0 Å². The van der Waals surface area contributed by atoms with E-state index < -0.39 is 11.9 Å². The predicted octanol–water partition coefficient (Wildman–Crippen LogP) is 2.69. The first-order valence-electron chi connectivity index (χ1n) is 5.20. The lowest BCUT2D eigenvalue weighted by molar-refractivity contribution is -0.139. The molecule has 3 heteroatoms. The zero-order chi connectivity index (χ0) is 12.3. The number of nitrogens with zero attached hydrogens (tertiary/aromatic N) is 1. The van der Waals surface area contributed by atoms with Crippen molar-refractivity contribution in [2.75, 3.05) is 0 Å². The van der Waals surface area contributed by atoms with Crippen molar-refractivity contribution >= 4 is 5.97 Å². The van der Waals surface area contributed by atoms with Gasteiger partial charge in [-0.2, -0.15) is 5.26 Å². The first-order chi connectivity index (χ1) is 7.47. The fraction of sp³-hybridized carbons (Fsp3) is 0.385. The molecule has 0 radical (unpaired) electrons. The zero-order valence-corrected chi connectivity index (χ0v) is 9.69. The molecular weight excluding hydrogens is 202 g/mol. The van der Waals surface area contributed by atoms with E-state index in [-0.39, 0.29) is 5.92 Å². The van der Waals surface area contributed by atoms with Crippen molar-refractivity contribution < 1.29 is 9.90 Å². The minimum atomic E-state index is -0.845. The first-order valence-corrected chi connectivity index (χ1v) is 5.20. The third-order valence-corrected chi connectivity index (χ3v) is 2.67. The van der Waals surface area contributed by atoms with E-state index in [1.807, 2.05) is 20.8 Å². The monoisotopic (exact) mass is 217 g/mol. The van der Waals surface area contributed by atoms with Crippen LogP contribution in [0.3, 0.4) is 0 Å². The molecule has 0 saturated heterocycles. The summed E-state index contributed by atoms with van der Waals surface area (Å²) in [5, 5.41) is 18.1. The largest absolute Gasteiger partial charge is 0.481 e. The maximum absolute atomic E-state index is 11.1. The summed E-state index contributed by atoms with van der Waals surface area (Å²) in [4.78, 5) is 11.1. The molecule has 1 rings (SSSR count). The van der Waals surface area contributed by atoms with E-state index in [0.717, 1.165) is 5.56 Å². The Morgan fingerprint density at radius 1 is 1.44 bits per heavy atom. The van der Waals surface area contributed by atoms with Crippen molar-refractivity contribution in [2.45, 2.75) is 26.7 Å². The average Bonchev–Trinajstić information content (AvgIpc) is 2.19. The molecule has 1 N–H and O–H groups in total. The number of carbonyl (C=O) groups is 1. The van der Waals surface area contributed by atoms with Crippen molar-refractivity contribution in [3.8, 4) is 6.07 Å². The molecule has 0 fully saturated rings. The Kier molecular flexibility index (Phi) is 3.68. The summed E-state index contributed by atoms with van der Waals surface area (Å²) in [7, 11) is 0. The fourth-order valence-corrected chi connectivity index (χ4v) is 1.77. The van der Waals surface area contributed by atoms with Crippen LogP contribution in [0, 0.1) is 24.2 Å². The maximum Gasteiger partial charge on any atom is 0.311 e. The molecule has 1 aromatic carbocycles. The molecule has 0 aromatic heterocycles. The number of hydrogen-bond acceptors (Lipinski definition) is 2. The van der Waals surface area contributed by atoms with Gasteiger partial charge < -0.3 is 5.11 Å². The van der Waals surface area contributed by atoms with Crippen molar-refractivity contribution in [3.63, 3.8) is 0 Å². The van der Waals surface area contributed by atoms with Crippen LogP contribution in [0.4, 0.5) is 0 Å². The summed E-state index contributed by atoms with van der Waals surface area (Å²) in [5.41, 5.74) is 2.12. The lowest BCUT2D eigenvalue weighted by Crippen LogP contribution is -2.17.